The Bertz CT molecular complexity index is 937. The van der Waals surface area contributed by atoms with Crippen LogP contribution in [0.3, 0.4) is 0 Å². The molecule has 1 aliphatic heterocycles. The summed E-state index contributed by atoms with van der Waals surface area (Å²) in [5.74, 6) is 0.340. The molecule has 0 bridgehead atoms. The predicted molar refractivity (Wildman–Crippen MR) is 113 cm³/mol. The number of nitrogens with one attached hydrogen (secondary N) is 1. The van der Waals surface area contributed by atoms with Crippen LogP contribution in [0.2, 0.25) is 10.0 Å². The molecule has 8 heteroatoms. The molecule has 134 valence electrons. The summed E-state index contributed by atoms with van der Waals surface area (Å²) < 4.78 is 5.93. The summed E-state index contributed by atoms with van der Waals surface area (Å²) in [7, 11) is 1.55. The largest absolute Gasteiger partial charge is 0.494 e. The summed E-state index contributed by atoms with van der Waals surface area (Å²) >= 11 is 17.0. The molecule has 0 aliphatic carbocycles. The highest BCUT2D eigenvalue weighted by molar-refractivity contribution is 9.10. The zero-order chi connectivity index (χ0) is 18.8. The number of halogens is 3. The maximum atomic E-state index is 12.2. The first kappa shape index (κ1) is 19.3. The van der Waals surface area contributed by atoms with Crippen LogP contribution in [-0.2, 0) is 4.79 Å². The fourth-order valence-electron chi connectivity index (χ4n) is 2.32. The van der Waals surface area contributed by atoms with E-state index in [1.54, 1.807) is 25.3 Å². The smallest absolute Gasteiger partial charge is 0.264 e. The number of hydrogen-bond acceptors (Lipinski definition) is 4. The zero-order valence-electron chi connectivity index (χ0n) is 13.8. The highest BCUT2D eigenvalue weighted by Crippen LogP contribution is 2.36. The average Bonchev–Trinajstić information content (AvgIpc) is 2.91. The molecule has 4 nitrogen and oxygen atoms in total. The highest BCUT2D eigenvalue weighted by Gasteiger charge is 2.24. The Kier molecular flexibility index (Phi) is 5.97. The Morgan fingerprint density at radius 1 is 1.27 bits per heavy atom. The molecule has 0 aromatic heterocycles. The quantitative estimate of drug-likeness (QED) is 0.561. The second kappa shape index (κ2) is 8.05. The van der Waals surface area contributed by atoms with Crippen LogP contribution in [0.4, 0.5) is 5.69 Å². The monoisotopic (exact) mass is 470 g/mol. The second-order valence-corrected chi connectivity index (χ2v) is 8.08. The van der Waals surface area contributed by atoms with E-state index in [2.05, 4.69) is 26.2 Å². The van der Waals surface area contributed by atoms with Gasteiger partial charge in [-0.05, 0) is 76.1 Å². The van der Waals surface area contributed by atoms with Crippen LogP contribution in [0.1, 0.15) is 11.1 Å². The van der Waals surface area contributed by atoms with Gasteiger partial charge in [0.05, 0.1) is 27.2 Å². The summed E-state index contributed by atoms with van der Waals surface area (Å²) in [6.45, 7) is 1.89. The molecule has 0 spiro atoms. The van der Waals surface area contributed by atoms with Gasteiger partial charge >= 0.3 is 0 Å². The van der Waals surface area contributed by atoms with Gasteiger partial charge in [-0.2, -0.15) is 0 Å². The van der Waals surface area contributed by atoms with E-state index in [1.165, 1.54) is 11.8 Å². The van der Waals surface area contributed by atoms with Crippen LogP contribution >= 0.6 is 50.9 Å². The predicted octanol–water partition coefficient (Wildman–Crippen LogP) is 5.96. The number of nitrogens with zero attached hydrogens (tertiary/aromatic N) is 1. The van der Waals surface area contributed by atoms with E-state index in [0.717, 1.165) is 16.8 Å². The second-order valence-electron chi connectivity index (χ2n) is 5.38. The zero-order valence-corrected chi connectivity index (χ0v) is 17.7. The normalized spacial score (nSPS) is 17.0. The van der Waals surface area contributed by atoms with Gasteiger partial charge in [-0.15, -0.1) is 0 Å². The molecule has 1 saturated heterocycles. The number of rotatable bonds is 3. The van der Waals surface area contributed by atoms with E-state index in [-0.39, 0.29) is 5.91 Å². The van der Waals surface area contributed by atoms with Crippen molar-refractivity contribution in [2.45, 2.75) is 6.92 Å². The van der Waals surface area contributed by atoms with Gasteiger partial charge in [0.1, 0.15) is 0 Å². The minimum Gasteiger partial charge on any atom is -0.494 e. The fraction of sp³-hybridized carbons (Fsp3) is 0.111. The number of benzene rings is 2. The average molecular weight is 472 g/mol. The van der Waals surface area contributed by atoms with Gasteiger partial charge in [0.25, 0.3) is 5.91 Å². The summed E-state index contributed by atoms with van der Waals surface area (Å²) in [6, 6.07) is 9.05. The van der Waals surface area contributed by atoms with Gasteiger partial charge in [0.2, 0.25) is 0 Å². The molecule has 3 rings (SSSR count). The van der Waals surface area contributed by atoms with Crippen molar-refractivity contribution >= 4 is 73.7 Å². The number of amidine groups is 1. The van der Waals surface area contributed by atoms with Crippen LogP contribution in [-0.4, -0.2) is 18.2 Å². The lowest BCUT2D eigenvalue weighted by Gasteiger charge is -2.07. The first-order chi connectivity index (χ1) is 12.4. The number of amides is 1. The Hall–Kier alpha value is -1.47. The summed E-state index contributed by atoms with van der Waals surface area (Å²) in [5.41, 5.74) is 2.36. The molecule has 0 atom stereocenters. The molecule has 1 N–H and O–H groups in total. The third kappa shape index (κ3) is 4.09. The van der Waals surface area contributed by atoms with E-state index < -0.39 is 0 Å². The van der Waals surface area contributed by atoms with Crippen molar-refractivity contribution in [2.75, 3.05) is 7.11 Å². The molecule has 0 radical (unpaired) electrons. The number of carbonyl (C=O) groups is 1. The Balaban J connectivity index is 1.89. The fourth-order valence-corrected chi connectivity index (χ4v) is 4.38. The number of aliphatic imine (C=N–C) groups is 1. The molecular formula is C18H13BrCl2N2O2S. The van der Waals surface area contributed by atoms with Crippen LogP contribution in [0, 0.1) is 6.92 Å². The maximum Gasteiger partial charge on any atom is 0.264 e. The molecule has 2 aromatic carbocycles. The number of ether oxygens (including phenoxy) is 1. The van der Waals surface area contributed by atoms with Crippen molar-refractivity contribution in [3.05, 3.63) is 60.9 Å². The van der Waals surface area contributed by atoms with Crippen LogP contribution in [0.25, 0.3) is 6.08 Å². The summed E-state index contributed by atoms with van der Waals surface area (Å²) in [6.07, 6.45) is 1.75. The number of methoxy groups -OCH3 is 1. The Morgan fingerprint density at radius 3 is 2.73 bits per heavy atom. The Morgan fingerprint density at radius 2 is 2.04 bits per heavy atom. The van der Waals surface area contributed by atoms with Crippen molar-refractivity contribution < 1.29 is 9.53 Å². The molecule has 2 aromatic rings. The maximum absolute atomic E-state index is 12.2. The molecular weight excluding hydrogens is 459 g/mol. The highest BCUT2D eigenvalue weighted by atomic mass is 79.9. The first-order valence-electron chi connectivity index (χ1n) is 7.46. The minimum absolute atomic E-state index is 0.212. The molecule has 1 amide bonds. The van der Waals surface area contributed by atoms with Gasteiger partial charge in [0.15, 0.2) is 10.9 Å². The van der Waals surface area contributed by atoms with E-state index >= 15 is 0 Å². The first-order valence-corrected chi connectivity index (χ1v) is 9.83. The number of thioether (sulfide) groups is 1. The lowest BCUT2D eigenvalue weighted by atomic mass is 10.2. The lowest BCUT2D eigenvalue weighted by molar-refractivity contribution is -0.115. The van der Waals surface area contributed by atoms with Crippen molar-refractivity contribution in [3.63, 3.8) is 0 Å². The summed E-state index contributed by atoms with van der Waals surface area (Å²) in [4.78, 5) is 17.3. The number of carbonyl (C=O) groups excluding carboxylic acids is 1. The summed E-state index contributed by atoms with van der Waals surface area (Å²) in [5, 5.41) is 4.36. The molecule has 0 saturated carbocycles. The molecule has 1 heterocycles. The third-order valence-electron chi connectivity index (χ3n) is 3.63. The van der Waals surface area contributed by atoms with Gasteiger partial charge in [-0.1, -0.05) is 29.3 Å². The van der Waals surface area contributed by atoms with Crippen LogP contribution in [0.5, 0.6) is 5.75 Å². The number of hydrogen-bond donors (Lipinski definition) is 1. The lowest BCUT2D eigenvalue weighted by Crippen LogP contribution is -2.19. The van der Waals surface area contributed by atoms with Crippen LogP contribution in [0.15, 0.2) is 44.7 Å². The van der Waals surface area contributed by atoms with Gasteiger partial charge in [-0.25, -0.2) is 4.99 Å². The van der Waals surface area contributed by atoms with Gasteiger partial charge in [-0.3, -0.25) is 4.79 Å². The van der Waals surface area contributed by atoms with Crippen molar-refractivity contribution in [2.24, 2.45) is 4.99 Å². The molecule has 0 unspecified atom stereocenters. The standard InChI is InChI=1S/C18H13BrCl2N2O2S/c1-9-12(20)4-3-5-14(9)22-18-23-17(24)15(26-18)8-10-6-11(19)16(25-2)13(21)7-10/h3-8H,1-2H3,(H,22,23,24)/b15-8+. The van der Waals surface area contributed by atoms with Crippen molar-refractivity contribution in [1.82, 2.24) is 5.32 Å². The molecule has 1 aliphatic rings. The molecule has 26 heavy (non-hydrogen) atoms. The minimum atomic E-state index is -0.212. The van der Waals surface area contributed by atoms with Gasteiger partial charge < -0.3 is 10.1 Å². The molecule has 1 fully saturated rings. The van der Waals surface area contributed by atoms with Crippen molar-refractivity contribution in [1.29, 1.82) is 0 Å². The van der Waals surface area contributed by atoms with E-state index in [4.69, 9.17) is 27.9 Å². The van der Waals surface area contributed by atoms with Crippen LogP contribution < -0.4 is 10.1 Å². The van der Waals surface area contributed by atoms with E-state index in [0.29, 0.717) is 30.3 Å². The Labute approximate surface area is 173 Å². The third-order valence-corrected chi connectivity index (χ3v) is 5.82. The van der Waals surface area contributed by atoms with Gasteiger partial charge in [0, 0.05) is 5.02 Å². The SMILES string of the molecule is COc1c(Cl)cc(/C=C2/SC(=Nc3cccc(Cl)c3C)NC2=O)cc1Br. The topological polar surface area (TPSA) is 50.7 Å². The van der Waals surface area contributed by atoms with Crippen molar-refractivity contribution in [3.8, 4) is 5.75 Å². The van der Waals surface area contributed by atoms with E-state index in [9.17, 15) is 4.79 Å². The van der Waals surface area contributed by atoms with E-state index in [1.807, 2.05) is 25.1 Å².